The lowest BCUT2D eigenvalue weighted by molar-refractivity contribution is 0.0574. The van der Waals surface area contributed by atoms with Crippen LogP contribution in [0, 0.1) is 12.4 Å². The second-order valence-corrected chi connectivity index (χ2v) is 8.83. The number of halogens is 2. The highest BCUT2D eigenvalue weighted by Gasteiger charge is 2.30. The number of anilines is 1. The summed E-state index contributed by atoms with van der Waals surface area (Å²) in [7, 11) is 0. The van der Waals surface area contributed by atoms with Gasteiger partial charge in [0.05, 0.1) is 23.1 Å². The average molecular weight is 488 g/mol. The molecule has 0 saturated heterocycles. The molecule has 4 rings (SSSR count). The predicted octanol–water partition coefficient (Wildman–Crippen LogP) is 5.06. The average Bonchev–Trinajstić information content (AvgIpc) is 3.34. The maximum absolute atomic E-state index is 14.8. The van der Waals surface area contributed by atoms with Gasteiger partial charge in [0, 0.05) is 23.7 Å². The minimum Gasteiger partial charge on any atom is -0.493 e. The monoisotopic (exact) mass is 487 g/mol. The van der Waals surface area contributed by atoms with Crippen molar-refractivity contribution in [3.05, 3.63) is 57.5 Å². The van der Waals surface area contributed by atoms with E-state index in [1.165, 1.54) is 27.9 Å². The van der Waals surface area contributed by atoms with Crippen molar-refractivity contribution in [3.63, 3.8) is 0 Å². The Bertz CT molecular complexity index is 1230. The Labute approximate surface area is 186 Å². The molecule has 3 aromatic rings. The lowest BCUT2D eigenvalue weighted by Gasteiger charge is -2.27. The molecule has 1 aliphatic heterocycles. The van der Waals surface area contributed by atoms with Crippen molar-refractivity contribution in [1.82, 2.24) is 14.4 Å². The van der Waals surface area contributed by atoms with Gasteiger partial charge in [0.1, 0.15) is 17.2 Å². The van der Waals surface area contributed by atoms with Gasteiger partial charge in [-0.25, -0.2) is 19.1 Å². The number of carbonyl (C=O) groups excluding carboxylic acids is 1. The number of nitrogens with zero attached hydrogens (tertiary/aromatic N) is 5. The highest BCUT2D eigenvalue weighted by atomic mass is 79.9. The number of amides is 1. The first-order chi connectivity index (χ1) is 14.7. The molecule has 0 spiro atoms. The normalized spacial score (nSPS) is 12.9. The zero-order valence-corrected chi connectivity index (χ0v) is 18.7. The van der Waals surface area contributed by atoms with Crippen molar-refractivity contribution in [2.75, 3.05) is 11.5 Å². The molecule has 160 valence electrons. The molecular weight excluding hydrogens is 469 g/mol. The fraction of sp³-hybridized carbons (Fsp3) is 0.333. The third-order valence-corrected chi connectivity index (χ3v) is 5.28. The zero-order valence-electron chi connectivity index (χ0n) is 17.1. The number of rotatable bonds is 3. The van der Waals surface area contributed by atoms with Crippen LogP contribution in [0.3, 0.4) is 0 Å². The van der Waals surface area contributed by atoms with Gasteiger partial charge < -0.3 is 14.3 Å². The third-order valence-electron chi connectivity index (χ3n) is 4.70. The van der Waals surface area contributed by atoms with Crippen molar-refractivity contribution in [1.29, 1.82) is 0 Å². The van der Waals surface area contributed by atoms with Crippen molar-refractivity contribution in [2.24, 2.45) is 0 Å². The summed E-state index contributed by atoms with van der Waals surface area (Å²) < 4.78 is 28.0. The molecule has 3 heterocycles. The Morgan fingerprint density at radius 1 is 1.42 bits per heavy atom. The van der Waals surface area contributed by atoms with E-state index < -0.39 is 17.5 Å². The second kappa shape index (κ2) is 7.81. The molecule has 2 aromatic heterocycles. The molecule has 1 aliphatic rings. The summed E-state index contributed by atoms with van der Waals surface area (Å²) in [6, 6.07) is 2.92. The van der Waals surface area contributed by atoms with Crippen LogP contribution in [0.2, 0.25) is 0 Å². The summed E-state index contributed by atoms with van der Waals surface area (Å²) in [5.41, 5.74) is 0.732. The molecule has 0 N–H and O–H groups in total. The number of hydrogen-bond acceptors (Lipinski definition) is 5. The van der Waals surface area contributed by atoms with Crippen molar-refractivity contribution in [2.45, 2.75) is 39.3 Å². The molecule has 0 aliphatic carbocycles. The smallest absolute Gasteiger partial charge is 0.417 e. The molecule has 0 saturated carbocycles. The Hall–Kier alpha value is -3.19. The molecule has 0 atom stereocenters. The van der Waals surface area contributed by atoms with Crippen molar-refractivity contribution >= 4 is 39.3 Å². The first kappa shape index (κ1) is 21.1. The van der Waals surface area contributed by atoms with E-state index in [4.69, 9.17) is 16.0 Å². The number of fused-ring (bicyclic) bond motifs is 2. The summed E-state index contributed by atoms with van der Waals surface area (Å²) in [5.74, 6) is 0.469. The fourth-order valence-corrected chi connectivity index (χ4v) is 3.88. The molecule has 1 aromatic carbocycles. The number of imidazole rings is 1. The van der Waals surface area contributed by atoms with Crippen molar-refractivity contribution < 1.29 is 18.7 Å². The minimum atomic E-state index is -0.777. The summed E-state index contributed by atoms with van der Waals surface area (Å²) >= 11 is 3.38. The minimum absolute atomic E-state index is 0.122. The van der Waals surface area contributed by atoms with Gasteiger partial charge in [0.2, 0.25) is 5.95 Å². The van der Waals surface area contributed by atoms with Crippen LogP contribution in [0.1, 0.15) is 31.9 Å². The van der Waals surface area contributed by atoms with E-state index in [9.17, 15) is 9.18 Å². The topological polar surface area (TPSA) is 73.3 Å². The second-order valence-electron chi connectivity index (χ2n) is 7.97. The Morgan fingerprint density at radius 2 is 2.19 bits per heavy atom. The molecule has 1 amide bonds. The highest BCUT2D eigenvalue weighted by Crippen LogP contribution is 2.34. The van der Waals surface area contributed by atoms with Gasteiger partial charge in [-0.05, 0) is 48.8 Å². The van der Waals surface area contributed by atoms with Crippen LogP contribution in [0.4, 0.5) is 21.0 Å². The third kappa shape index (κ3) is 3.93. The number of benzene rings is 1. The van der Waals surface area contributed by atoms with Gasteiger partial charge in [-0.15, -0.1) is 4.98 Å². The maximum atomic E-state index is 14.8. The van der Waals surface area contributed by atoms with Crippen LogP contribution in [0.25, 0.3) is 10.4 Å². The van der Waals surface area contributed by atoms with Gasteiger partial charge in [0.15, 0.2) is 6.33 Å². The van der Waals surface area contributed by atoms with E-state index in [1.807, 2.05) is 0 Å². The van der Waals surface area contributed by atoms with E-state index in [-0.39, 0.29) is 18.3 Å². The molecule has 0 bridgehead atoms. The lowest BCUT2D eigenvalue weighted by Crippen LogP contribution is -2.38. The van der Waals surface area contributed by atoms with Crippen LogP contribution < -0.4 is 9.64 Å². The molecule has 31 heavy (non-hydrogen) atoms. The predicted molar refractivity (Wildman–Crippen MR) is 115 cm³/mol. The van der Waals surface area contributed by atoms with Crippen LogP contribution in [-0.4, -0.2) is 32.7 Å². The van der Waals surface area contributed by atoms with E-state index in [2.05, 4.69) is 30.7 Å². The molecule has 10 heteroatoms. The Balaban J connectivity index is 1.86. The van der Waals surface area contributed by atoms with Gasteiger partial charge in [0.25, 0.3) is 5.82 Å². The SMILES string of the molecule is [C-]#[N+]c1ncn2c(N(Cc3c(F)ccc4c3CCO4)C(=O)OC(C)(C)C)ncc(Br)c12. The first-order valence-electron chi connectivity index (χ1n) is 9.52. The number of aromatic nitrogens is 3. The number of hydrogen-bond donors (Lipinski definition) is 0. The molecule has 0 fully saturated rings. The van der Waals surface area contributed by atoms with Crippen LogP contribution in [0.15, 0.2) is 29.1 Å². The van der Waals surface area contributed by atoms with Gasteiger partial charge in [-0.1, -0.05) is 6.57 Å². The number of carbonyl (C=O) groups is 1. The fourth-order valence-electron chi connectivity index (χ4n) is 3.41. The lowest BCUT2D eigenvalue weighted by atomic mass is 10.0. The van der Waals surface area contributed by atoms with E-state index in [0.29, 0.717) is 34.3 Å². The quantitative estimate of drug-likeness (QED) is 0.482. The summed E-state index contributed by atoms with van der Waals surface area (Å²) in [6.45, 7) is 12.9. The van der Waals surface area contributed by atoms with Crippen LogP contribution >= 0.6 is 15.9 Å². The van der Waals surface area contributed by atoms with Gasteiger partial charge in [-0.2, -0.15) is 0 Å². The molecular formula is C21H19BrFN5O3. The van der Waals surface area contributed by atoms with Gasteiger partial charge in [-0.3, -0.25) is 4.40 Å². The largest absolute Gasteiger partial charge is 0.493 e. The summed E-state index contributed by atoms with van der Waals surface area (Å²) in [5, 5.41) is 0. The highest BCUT2D eigenvalue weighted by molar-refractivity contribution is 9.10. The van der Waals surface area contributed by atoms with E-state index in [1.54, 1.807) is 26.8 Å². The van der Waals surface area contributed by atoms with E-state index in [0.717, 1.165) is 5.56 Å². The van der Waals surface area contributed by atoms with Crippen LogP contribution in [-0.2, 0) is 17.7 Å². The molecule has 0 radical (unpaired) electrons. The van der Waals surface area contributed by atoms with Gasteiger partial charge >= 0.3 is 6.09 Å². The Morgan fingerprint density at radius 3 is 2.90 bits per heavy atom. The summed E-state index contributed by atoms with van der Waals surface area (Å²) in [6.07, 6.45) is 2.73. The Kier molecular flexibility index (Phi) is 5.31. The maximum Gasteiger partial charge on any atom is 0.417 e. The standard InChI is InChI=1S/C21H19BrFN5O3/c1-21(2,3)31-20(29)27(10-13-12-7-8-30-16(12)6-5-15(13)23)19-25-9-14(22)17-18(24-4)26-11-28(17)19/h5-6,9,11H,7-8,10H2,1-3H3. The van der Waals surface area contributed by atoms with Crippen LogP contribution in [0.5, 0.6) is 5.75 Å². The molecule has 0 unspecified atom stereocenters. The zero-order chi connectivity index (χ0) is 22.3. The summed E-state index contributed by atoms with van der Waals surface area (Å²) in [4.78, 5) is 26.3. The van der Waals surface area contributed by atoms with E-state index >= 15 is 0 Å². The molecule has 8 nitrogen and oxygen atoms in total. The van der Waals surface area contributed by atoms with Crippen molar-refractivity contribution in [3.8, 4) is 5.75 Å². The first-order valence-corrected chi connectivity index (χ1v) is 10.3. The number of ether oxygens (including phenoxy) is 2.